The van der Waals surface area contributed by atoms with Crippen LogP contribution in [0, 0.1) is 11.3 Å². The van der Waals surface area contributed by atoms with Crippen LogP contribution in [0.4, 0.5) is 10.7 Å². The largest absolute Gasteiger partial charge is 0.488 e. The van der Waals surface area contributed by atoms with E-state index in [1.165, 1.54) is 0 Å². The van der Waals surface area contributed by atoms with Gasteiger partial charge in [0.05, 0.1) is 17.7 Å². The van der Waals surface area contributed by atoms with Gasteiger partial charge in [-0.1, -0.05) is 30.3 Å². The van der Waals surface area contributed by atoms with Crippen molar-refractivity contribution in [3.05, 3.63) is 76.2 Å². The van der Waals surface area contributed by atoms with Crippen LogP contribution in [0.15, 0.2) is 54.6 Å². The molecule has 0 aliphatic rings. The van der Waals surface area contributed by atoms with Crippen molar-refractivity contribution in [1.29, 1.82) is 5.26 Å². The van der Waals surface area contributed by atoms with Gasteiger partial charge in [0.1, 0.15) is 28.3 Å². The Kier molecular flexibility index (Phi) is 6.67. The van der Waals surface area contributed by atoms with Crippen molar-refractivity contribution in [2.45, 2.75) is 13.5 Å². The predicted octanol–water partition coefficient (Wildman–Crippen LogP) is 4.21. The van der Waals surface area contributed by atoms with Gasteiger partial charge in [-0.3, -0.25) is 4.79 Å². The molecule has 7 nitrogen and oxygen atoms in total. The van der Waals surface area contributed by atoms with Gasteiger partial charge in [0.2, 0.25) is 0 Å². The minimum atomic E-state index is -0.565. The number of nitrogens with zero attached hydrogens (tertiary/aromatic N) is 1. The van der Waals surface area contributed by atoms with Crippen LogP contribution in [-0.4, -0.2) is 18.5 Å². The zero-order chi connectivity index (χ0) is 21.5. The van der Waals surface area contributed by atoms with E-state index in [4.69, 9.17) is 15.2 Å². The number of nitrogens with one attached hydrogen (secondary N) is 1. The molecule has 8 heteroatoms. The standard InChI is InChI=1S/C22H19N3O4S/c1-2-28-22(27)19-17(16(12-23)20(24)30-19)13-29-18-11-7-6-10-15(18)21(26)25-14-8-4-3-5-9-14/h3-11H,2,13,24H2,1H3,(H,25,26). The molecule has 0 aliphatic carbocycles. The molecule has 0 bridgehead atoms. The maximum absolute atomic E-state index is 12.7. The Labute approximate surface area is 177 Å². The number of rotatable bonds is 7. The Bertz CT molecular complexity index is 1100. The molecule has 1 amide bonds. The molecule has 0 saturated heterocycles. The van der Waals surface area contributed by atoms with Crippen LogP contribution >= 0.6 is 11.3 Å². The Hall–Kier alpha value is -3.83. The van der Waals surface area contributed by atoms with Crippen LogP contribution < -0.4 is 15.8 Å². The van der Waals surface area contributed by atoms with Gasteiger partial charge in [0, 0.05) is 11.3 Å². The first-order valence-electron chi connectivity index (χ1n) is 9.11. The number of ether oxygens (including phenoxy) is 2. The number of nitrogen functional groups attached to an aromatic ring is 1. The summed E-state index contributed by atoms with van der Waals surface area (Å²) in [5.41, 5.74) is 7.38. The van der Waals surface area contributed by atoms with E-state index in [-0.39, 0.29) is 34.6 Å². The fourth-order valence-corrected chi connectivity index (χ4v) is 3.67. The van der Waals surface area contributed by atoms with Crippen LogP contribution in [0.2, 0.25) is 0 Å². The molecular weight excluding hydrogens is 402 g/mol. The van der Waals surface area contributed by atoms with Gasteiger partial charge in [0.15, 0.2) is 0 Å². The Morgan fingerprint density at radius 3 is 2.53 bits per heavy atom. The van der Waals surface area contributed by atoms with E-state index >= 15 is 0 Å². The molecule has 152 valence electrons. The van der Waals surface area contributed by atoms with E-state index in [2.05, 4.69) is 5.32 Å². The summed E-state index contributed by atoms with van der Waals surface area (Å²) in [6, 6.07) is 17.8. The SMILES string of the molecule is CCOC(=O)c1sc(N)c(C#N)c1COc1ccccc1C(=O)Nc1ccccc1. The number of hydrogen-bond acceptors (Lipinski definition) is 7. The molecule has 0 aliphatic heterocycles. The number of carbonyl (C=O) groups is 2. The fourth-order valence-electron chi connectivity index (χ4n) is 2.76. The van der Waals surface area contributed by atoms with Gasteiger partial charge in [-0.25, -0.2) is 4.79 Å². The molecule has 1 heterocycles. The first-order chi connectivity index (χ1) is 14.5. The van der Waals surface area contributed by atoms with Crippen molar-refractivity contribution in [1.82, 2.24) is 0 Å². The van der Waals surface area contributed by atoms with E-state index in [1.54, 1.807) is 43.3 Å². The lowest BCUT2D eigenvalue weighted by Crippen LogP contribution is -2.14. The number of hydrogen-bond donors (Lipinski definition) is 2. The normalized spacial score (nSPS) is 10.1. The lowest BCUT2D eigenvalue weighted by molar-refractivity contribution is 0.0529. The first-order valence-corrected chi connectivity index (χ1v) is 9.93. The first kappa shape index (κ1) is 20.9. The molecule has 0 fully saturated rings. The van der Waals surface area contributed by atoms with E-state index in [1.807, 2.05) is 24.3 Å². The van der Waals surface area contributed by atoms with Crippen molar-refractivity contribution in [2.75, 3.05) is 17.7 Å². The molecule has 0 unspecified atom stereocenters. The average molecular weight is 421 g/mol. The number of esters is 1. The second kappa shape index (κ2) is 9.58. The quantitative estimate of drug-likeness (QED) is 0.552. The third-order valence-corrected chi connectivity index (χ3v) is 5.18. The summed E-state index contributed by atoms with van der Waals surface area (Å²) in [4.78, 5) is 25.2. The van der Waals surface area contributed by atoms with Gasteiger partial charge in [0.25, 0.3) is 5.91 Å². The van der Waals surface area contributed by atoms with E-state index < -0.39 is 5.97 Å². The van der Waals surface area contributed by atoms with Crippen LogP contribution in [-0.2, 0) is 11.3 Å². The zero-order valence-electron chi connectivity index (χ0n) is 16.2. The summed E-state index contributed by atoms with van der Waals surface area (Å²) < 4.78 is 10.9. The number of thiophene rings is 1. The number of para-hydroxylation sites is 2. The van der Waals surface area contributed by atoms with Crippen LogP contribution in [0.5, 0.6) is 5.75 Å². The third-order valence-electron chi connectivity index (χ3n) is 4.14. The lowest BCUT2D eigenvalue weighted by atomic mass is 10.1. The van der Waals surface area contributed by atoms with Crippen molar-refractivity contribution in [2.24, 2.45) is 0 Å². The molecular formula is C22H19N3O4S. The molecule has 3 rings (SSSR count). The summed E-state index contributed by atoms with van der Waals surface area (Å²) in [6.45, 7) is 1.78. The van der Waals surface area contributed by atoms with Gasteiger partial charge in [-0.2, -0.15) is 5.26 Å². The molecule has 1 aromatic heterocycles. The summed E-state index contributed by atoms with van der Waals surface area (Å²) in [7, 11) is 0. The van der Waals surface area contributed by atoms with Crippen molar-refractivity contribution in [3.8, 4) is 11.8 Å². The van der Waals surface area contributed by atoms with Crippen LogP contribution in [0.3, 0.4) is 0 Å². The number of nitriles is 1. The molecule has 0 saturated carbocycles. The van der Waals surface area contributed by atoms with Crippen molar-refractivity contribution >= 4 is 33.9 Å². The topological polar surface area (TPSA) is 114 Å². The minimum absolute atomic E-state index is 0.111. The van der Waals surface area contributed by atoms with E-state index in [0.29, 0.717) is 22.6 Å². The Morgan fingerprint density at radius 2 is 1.83 bits per heavy atom. The maximum atomic E-state index is 12.7. The summed E-state index contributed by atoms with van der Waals surface area (Å²) in [6.07, 6.45) is 0. The van der Waals surface area contributed by atoms with Crippen LogP contribution in [0.25, 0.3) is 0 Å². The van der Waals surface area contributed by atoms with Gasteiger partial charge in [-0.05, 0) is 31.2 Å². The molecule has 0 spiro atoms. The number of carbonyl (C=O) groups excluding carboxylic acids is 2. The van der Waals surface area contributed by atoms with Crippen molar-refractivity contribution in [3.63, 3.8) is 0 Å². The molecule has 3 aromatic rings. The minimum Gasteiger partial charge on any atom is -0.488 e. The Balaban J connectivity index is 1.84. The van der Waals surface area contributed by atoms with Crippen molar-refractivity contribution < 1.29 is 19.1 Å². The lowest BCUT2D eigenvalue weighted by Gasteiger charge is -2.12. The number of nitrogens with two attached hydrogens (primary N) is 1. The summed E-state index contributed by atoms with van der Waals surface area (Å²) >= 11 is 0.982. The van der Waals surface area contributed by atoms with E-state index in [9.17, 15) is 14.9 Å². The second-order valence-corrected chi connectivity index (χ2v) is 7.14. The predicted molar refractivity (Wildman–Crippen MR) is 115 cm³/mol. The monoisotopic (exact) mass is 421 g/mol. The zero-order valence-corrected chi connectivity index (χ0v) is 17.0. The number of anilines is 2. The van der Waals surface area contributed by atoms with Crippen LogP contribution in [0.1, 0.15) is 38.1 Å². The number of benzene rings is 2. The summed E-state index contributed by atoms with van der Waals surface area (Å²) in [5.74, 6) is -0.591. The molecule has 3 N–H and O–H groups in total. The summed E-state index contributed by atoms with van der Waals surface area (Å²) in [5, 5.41) is 12.5. The molecule has 2 aromatic carbocycles. The fraction of sp³-hybridized carbons (Fsp3) is 0.136. The third kappa shape index (κ3) is 4.59. The van der Waals surface area contributed by atoms with Gasteiger partial charge >= 0.3 is 5.97 Å². The van der Waals surface area contributed by atoms with E-state index in [0.717, 1.165) is 11.3 Å². The average Bonchev–Trinajstić information content (AvgIpc) is 3.08. The van der Waals surface area contributed by atoms with Gasteiger partial charge in [-0.15, -0.1) is 11.3 Å². The second-order valence-electron chi connectivity index (χ2n) is 6.09. The Morgan fingerprint density at radius 1 is 1.13 bits per heavy atom. The highest BCUT2D eigenvalue weighted by Crippen LogP contribution is 2.32. The highest BCUT2D eigenvalue weighted by molar-refractivity contribution is 7.18. The molecule has 0 atom stereocenters. The van der Waals surface area contributed by atoms with Gasteiger partial charge < -0.3 is 20.5 Å². The molecule has 0 radical (unpaired) electrons. The highest BCUT2D eigenvalue weighted by Gasteiger charge is 2.24. The smallest absolute Gasteiger partial charge is 0.348 e. The highest BCUT2D eigenvalue weighted by atomic mass is 32.1. The number of amides is 1. The maximum Gasteiger partial charge on any atom is 0.348 e. The molecule has 30 heavy (non-hydrogen) atoms.